The molecule has 0 aliphatic carbocycles. The number of carbonyl (C=O) groups is 4. The molecule has 2 amide bonds. The summed E-state index contributed by atoms with van der Waals surface area (Å²) < 4.78 is 9.75. The van der Waals surface area contributed by atoms with Crippen molar-refractivity contribution >= 4 is 23.8 Å². The Morgan fingerprint density at radius 2 is 1.76 bits per heavy atom. The van der Waals surface area contributed by atoms with Crippen molar-refractivity contribution in [3.63, 3.8) is 0 Å². The van der Waals surface area contributed by atoms with E-state index in [-0.39, 0.29) is 18.6 Å². The van der Waals surface area contributed by atoms with Gasteiger partial charge in [0, 0.05) is 12.5 Å². The first kappa shape index (κ1) is 20.1. The molecule has 1 aromatic rings. The van der Waals surface area contributed by atoms with Crippen molar-refractivity contribution < 1.29 is 28.7 Å². The first-order valence-corrected chi connectivity index (χ1v) is 7.79. The number of primary amides is 1. The van der Waals surface area contributed by atoms with Gasteiger partial charge in [-0.2, -0.15) is 0 Å². The number of ether oxygens (including phenoxy) is 2. The highest BCUT2D eigenvalue weighted by Crippen LogP contribution is 2.14. The van der Waals surface area contributed by atoms with E-state index in [4.69, 9.17) is 15.2 Å². The molecule has 0 bridgehead atoms. The Labute approximate surface area is 145 Å². The summed E-state index contributed by atoms with van der Waals surface area (Å²) in [5, 5.41) is 2.49. The zero-order valence-electron chi connectivity index (χ0n) is 14.4. The molecule has 8 nitrogen and oxygen atoms in total. The van der Waals surface area contributed by atoms with Crippen molar-refractivity contribution in [3.8, 4) is 5.75 Å². The molecule has 0 aliphatic rings. The Hall–Kier alpha value is -2.90. The second-order valence-electron chi connectivity index (χ2n) is 5.44. The van der Waals surface area contributed by atoms with Crippen LogP contribution in [0.5, 0.6) is 5.75 Å². The van der Waals surface area contributed by atoms with Gasteiger partial charge in [0.25, 0.3) is 5.91 Å². The van der Waals surface area contributed by atoms with Crippen molar-refractivity contribution in [2.45, 2.75) is 33.2 Å². The van der Waals surface area contributed by atoms with Crippen molar-refractivity contribution in [1.29, 1.82) is 0 Å². The topological polar surface area (TPSA) is 125 Å². The van der Waals surface area contributed by atoms with Gasteiger partial charge in [-0.1, -0.05) is 6.92 Å². The minimum Gasteiger partial charge on any atom is -0.466 e. The van der Waals surface area contributed by atoms with Gasteiger partial charge in [-0.25, -0.2) is 0 Å². The van der Waals surface area contributed by atoms with E-state index < -0.39 is 35.7 Å². The average molecular weight is 350 g/mol. The molecule has 8 heteroatoms. The monoisotopic (exact) mass is 350 g/mol. The number of nitrogens with one attached hydrogen (secondary N) is 1. The lowest BCUT2D eigenvalue weighted by Crippen LogP contribution is -2.46. The van der Waals surface area contributed by atoms with Crippen LogP contribution in [0.4, 0.5) is 0 Å². The molecular weight excluding hydrogens is 328 g/mol. The van der Waals surface area contributed by atoms with Crippen LogP contribution in [0.2, 0.25) is 0 Å². The average Bonchev–Trinajstić information content (AvgIpc) is 2.54. The number of rotatable bonds is 8. The molecule has 1 rings (SSSR count). The number of esters is 2. The van der Waals surface area contributed by atoms with E-state index in [1.807, 2.05) is 0 Å². The van der Waals surface area contributed by atoms with Gasteiger partial charge in [-0.05, 0) is 37.6 Å². The van der Waals surface area contributed by atoms with Gasteiger partial charge < -0.3 is 20.5 Å². The van der Waals surface area contributed by atoms with E-state index in [1.165, 1.54) is 31.2 Å². The summed E-state index contributed by atoms with van der Waals surface area (Å²) in [6, 6.07) is 4.79. The SMILES string of the molecule is CCOC(=O)[C@@H](C)C[C@H](NC(=O)c1ccc(OC(C)=O)cc1)C(N)=O. The van der Waals surface area contributed by atoms with Crippen LogP contribution < -0.4 is 15.8 Å². The van der Waals surface area contributed by atoms with Crippen LogP contribution in [-0.4, -0.2) is 36.4 Å². The minimum absolute atomic E-state index is 0.0332. The maximum atomic E-state index is 12.2. The molecule has 1 aromatic carbocycles. The third-order valence-corrected chi connectivity index (χ3v) is 3.31. The number of hydrogen-bond acceptors (Lipinski definition) is 6. The van der Waals surface area contributed by atoms with Gasteiger partial charge in [0.05, 0.1) is 12.5 Å². The van der Waals surface area contributed by atoms with Crippen LogP contribution in [0, 0.1) is 5.92 Å². The number of carbonyl (C=O) groups excluding carboxylic acids is 4. The van der Waals surface area contributed by atoms with Crippen LogP contribution >= 0.6 is 0 Å². The predicted molar refractivity (Wildman–Crippen MR) is 88.6 cm³/mol. The van der Waals surface area contributed by atoms with Gasteiger partial charge in [0.1, 0.15) is 11.8 Å². The summed E-state index contributed by atoms with van der Waals surface area (Å²) >= 11 is 0. The van der Waals surface area contributed by atoms with E-state index in [1.54, 1.807) is 13.8 Å². The molecule has 0 aliphatic heterocycles. The molecule has 0 saturated carbocycles. The summed E-state index contributed by atoms with van der Waals surface area (Å²) in [6.45, 7) is 4.76. The van der Waals surface area contributed by atoms with Crippen LogP contribution in [0.3, 0.4) is 0 Å². The summed E-state index contributed by atoms with van der Waals surface area (Å²) in [7, 11) is 0. The van der Waals surface area contributed by atoms with Crippen LogP contribution in [-0.2, 0) is 19.1 Å². The summed E-state index contributed by atoms with van der Waals surface area (Å²) in [6.07, 6.45) is 0.0332. The Bertz CT molecular complexity index is 641. The Kier molecular flexibility index (Phi) is 7.58. The molecule has 0 aromatic heterocycles. The summed E-state index contributed by atoms with van der Waals surface area (Å²) in [5.41, 5.74) is 5.56. The fraction of sp³-hybridized carbons (Fsp3) is 0.412. The molecule has 0 radical (unpaired) electrons. The lowest BCUT2D eigenvalue weighted by Gasteiger charge is -2.19. The van der Waals surface area contributed by atoms with E-state index in [2.05, 4.69) is 5.32 Å². The highest BCUT2D eigenvalue weighted by atomic mass is 16.5. The molecule has 3 N–H and O–H groups in total. The Morgan fingerprint density at radius 1 is 1.16 bits per heavy atom. The molecule has 25 heavy (non-hydrogen) atoms. The maximum Gasteiger partial charge on any atom is 0.308 e. The van der Waals surface area contributed by atoms with Crippen molar-refractivity contribution in [1.82, 2.24) is 5.32 Å². The first-order chi connectivity index (χ1) is 11.7. The lowest BCUT2D eigenvalue weighted by molar-refractivity contribution is -0.147. The van der Waals surface area contributed by atoms with Gasteiger partial charge in [-0.3, -0.25) is 19.2 Å². The Morgan fingerprint density at radius 3 is 2.24 bits per heavy atom. The highest BCUT2D eigenvalue weighted by Gasteiger charge is 2.25. The third-order valence-electron chi connectivity index (χ3n) is 3.31. The molecular formula is C17H22N2O6. The van der Waals surface area contributed by atoms with Gasteiger partial charge >= 0.3 is 11.9 Å². The normalized spacial score (nSPS) is 12.6. The molecule has 2 atom stereocenters. The third kappa shape index (κ3) is 6.62. The van der Waals surface area contributed by atoms with Gasteiger partial charge in [-0.15, -0.1) is 0 Å². The number of nitrogens with two attached hydrogens (primary N) is 1. The predicted octanol–water partition coefficient (Wildman–Crippen LogP) is 0.785. The Balaban J connectivity index is 2.74. The second-order valence-corrected chi connectivity index (χ2v) is 5.44. The molecule has 0 heterocycles. The molecule has 0 saturated heterocycles. The van der Waals surface area contributed by atoms with E-state index >= 15 is 0 Å². The maximum absolute atomic E-state index is 12.2. The fourth-order valence-corrected chi connectivity index (χ4v) is 2.06. The number of amides is 2. The van der Waals surface area contributed by atoms with Crippen LogP contribution in [0.1, 0.15) is 37.6 Å². The van der Waals surface area contributed by atoms with Crippen LogP contribution in [0.25, 0.3) is 0 Å². The minimum atomic E-state index is -1.01. The molecule has 136 valence electrons. The number of hydrogen-bond donors (Lipinski definition) is 2. The highest BCUT2D eigenvalue weighted by molar-refractivity contribution is 5.97. The van der Waals surface area contributed by atoms with E-state index in [0.29, 0.717) is 5.75 Å². The van der Waals surface area contributed by atoms with Crippen molar-refractivity contribution in [3.05, 3.63) is 29.8 Å². The standard InChI is InChI=1S/C17H22N2O6/c1-4-24-17(23)10(2)9-14(15(18)21)19-16(22)12-5-7-13(8-6-12)25-11(3)20/h5-8,10,14H,4,9H2,1-3H3,(H2,18,21)(H,19,22)/t10-,14-/m0/s1. The van der Waals surface area contributed by atoms with Crippen molar-refractivity contribution in [2.24, 2.45) is 11.7 Å². The van der Waals surface area contributed by atoms with E-state index in [0.717, 1.165) is 0 Å². The zero-order chi connectivity index (χ0) is 19.0. The molecule has 0 fully saturated rings. The summed E-state index contributed by atoms with van der Waals surface area (Å²) in [5.74, 6) is -2.52. The molecule has 0 spiro atoms. The largest absolute Gasteiger partial charge is 0.466 e. The van der Waals surface area contributed by atoms with Crippen molar-refractivity contribution in [2.75, 3.05) is 6.61 Å². The van der Waals surface area contributed by atoms with Gasteiger partial charge in [0.15, 0.2) is 0 Å². The van der Waals surface area contributed by atoms with Crippen LogP contribution in [0.15, 0.2) is 24.3 Å². The molecule has 0 unspecified atom stereocenters. The second kappa shape index (κ2) is 9.41. The first-order valence-electron chi connectivity index (χ1n) is 7.79. The zero-order valence-corrected chi connectivity index (χ0v) is 14.4. The fourth-order valence-electron chi connectivity index (χ4n) is 2.06. The number of benzene rings is 1. The van der Waals surface area contributed by atoms with E-state index in [9.17, 15) is 19.2 Å². The smallest absolute Gasteiger partial charge is 0.308 e. The quantitative estimate of drug-likeness (QED) is 0.527. The summed E-state index contributed by atoms with van der Waals surface area (Å²) in [4.78, 5) is 46.3. The lowest BCUT2D eigenvalue weighted by atomic mass is 10.0. The van der Waals surface area contributed by atoms with Gasteiger partial charge in [0.2, 0.25) is 5.91 Å².